The zero-order valence-corrected chi connectivity index (χ0v) is 14.1. The first kappa shape index (κ1) is 17.5. The van der Waals surface area contributed by atoms with E-state index < -0.39 is 18.1 Å². The summed E-state index contributed by atoms with van der Waals surface area (Å²) in [6, 6.07) is 21.5. The number of rotatable bonds is 6. The summed E-state index contributed by atoms with van der Waals surface area (Å²) >= 11 is 0. The number of hydrogen-bond acceptors (Lipinski definition) is 4. The molecule has 0 fully saturated rings. The number of hydrogen-bond donors (Lipinski definition) is 1. The molecule has 132 valence electrons. The third-order valence-corrected chi connectivity index (χ3v) is 4.04. The SMILES string of the molecule is O=C(NC(Cc1ccc2ccccc2c1)C(=O)[O-])OCc1ccccc1. The van der Waals surface area contributed by atoms with Crippen LogP contribution in [0.1, 0.15) is 11.1 Å². The number of carboxylic acid groups (broad SMARTS) is 1. The van der Waals surface area contributed by atoms with Gasteiger partial charge in [-0.3, -0.25) is 0 Å². The van der Waals surface area contributed by atoms with Gasteiger partial charge in [0.25, 0.3) is 0 Å². The number of carboxylic acids is 1. The molecule has 0 aliphatic carbocycles. The van der Waals surface area contributed by atoms with Crippen LogP contribution in [0, 0.1) is 0 Å². The molecule has 0 heterocycles. The van der Waals surface area contributed by atoms with E-state index in [2.05, 4.69) is 5.32 Å². The summed E-state index contributed by atoms with van der Waals surface area (Å²) in [5.41, 5.74) is 1.61. The highest BCUT2D eigenvalue weighted by atomic mass is 16.5. The van der Waals surface area contributed by atoms with Gasteiger partial charge in [-0.15, -0.1) is 0 Å². The first-order chi connectivity index (χ1) is 12.6. The van der Waals surface area contributed by atoms with Crippen LogP contribution < -0.4 is 10.4 Å². The van der Waals surface area contributed by atoms with Gasteiger partial charge in [-0.1, -0.05) is 72.8 Å². The van der Waals surface area contributed by atoms with Crippen LogP contribution in [0.25, 0.3) is 10.8 Å². The van der Waals surface area contributed by atoms with Crippen LogP contribution >= 0.6 is 0 Å². The van der Waals surface area contributed by atoms with Crippen molar-refractivity contribution in [1.82, 2.24) is 5.32 Å². The summed E-state index contributed by atoms with van der Waals surface area (Å²) in [5.74, 6) is -1.35. The summed E-state index contributed by atoms with van der Waals surface area (Å²) in [4.78, 5) is 23.3. The average molecular weight is 348 g/mol. The second-order valence-corrected chi connectivity index (χ2v) is 5.96. The monoisotopic (exact) mass is 348 g/mol. The van der Waals surface area contributed by atoms with Gasteiger partial charge in [0.05, 0.1) is 12.0 Å². The summed E-state index contributed by atoms with van der Waals surface area (Å²) < 4.78 is 5.08. The number of carbonyl (C=O) groups excluding carboxylic acids is 2. The van der Waals surface area contributed by atoms with Crippen molar-refractivity contribution in [2.45, 2.75) is 19.1 Å². The van der Waals surface area contributed by atoms with Crippen molar-refractivity contribution in [3.05, 3.63) is 83.9 Å². The number of ether oxygens (including phenoxy) is 1. The van der Waals surface area contributed by atoms with Gasteiger partial charge >= 0.3 is 6.09 Å². The maximum absolute atomic E-state index is 11.9. The standard InChI is InChI=1S/C21H19NO4/c23-20(24)19(22-21(25)26-14-15-6-2-1-3-7-15)13-16-10-11-17-8-4-5-9-18(17)12-16/h1-12,19H,13-14H2,(H,22,25)(H,23,24)/p-1. The molecule has 5 nitrogen and oxygen atoms in total. The largest absolute Gasteiger partial charge is 0.548 e. The first-order valence-corrected chi connectivity index (χ1v) is 8.27. The zero-order valence-electron chi connectivity index (χ0n) is 14.1. The van der Waals surface area contributed by atoms with Crippen LogP contribution in [0.4, 0.5) is 4.79 Å². The number of nitrogens with one attached hydrogen (secondary N) is 1. The summed E-state index contributed by atoms with van der Waals surface area (Å²) in [6.07, 6.45) is -0.669. The van der Waals surface area contributed by atoms with Crippen LogP contribution in [-0.2, 0) is 22.6 Å². The molecular formula is C21H18NO4-. The fraction of sp³-hybridized carbons (Fsp3) is 0.143. The minimum atomic E-state index is -1.35. The molecule has 5 heteroatoms. The minimum Gasteiger partial charge on any atom is -0.548 e. The molecule has 3 rings (SSSR count). The lowest BCUT2D eigenvalue weighted by molar-refractivity contribution is -0.308. The normalized spacial score (nSPS) is 11.7. The van der Waals surface area contributed by atoms with E-state index >= 15 is 0 Å². The molecule has 1 N–H and O–H groups in total. The predicted octanol–water partition coefficient (Wildman–Crippen LogP) is 2.43. The zero-order chi connectivity index (χ0) is 18.4. The third kappa shape index (κ3) is 4.60. The molecule has 1 atom stereocenters. The molecule has 0 saturated heterocycles. The highest BCUT2D eigenvalue weighted by Gasteiger charge is 2.15. The topological polar surface area (TPSA) is 78.5 Å². The van der Waals surface area contributed by atoms with E-state index in [1.165, 1.54) is 0 Å². The Bertz CT molecular complexity index is 908. The van der Waals surface area contributed by atoms with Gasteiger partial charge in [0.15, 0.2) is 0 Å². The number of aliphatic carboxylic acids is 1. The number of amides is 1. The lowest BCUT2D eigenvalue weighted by atomic mass is 10.0. The lowest BCUT2D eigenvalue weighted by Crippen LogP contribution is -2.49. The van der Waals surface area contributed by atoms with E-state index in [0.717, 1.165) is 21.9 Å². The summed E-state index contributed by atoms with van der Waals surface area (Å²) in [6.45, 7) is 0.0718. The van der Waals surface area contributed by atoms with Gasteiger partial charge in [0, 0.05) is 0 Å². The average Bonchev–Trinajstić information content (AvgIpc) is 2.66. The second-order valence-electron chi connectivity index (χ2n) is 5.96. The van der Waals surface area contributed by atoms with Crippen molar-refractivity contribution in [3.63, 3.8) is 0 Å². The second kappa shape index (κ2) is 8.16. The van der Waals surface area contributed by atoms with Crippen LogP contribution in [0.2, 0.25) is 0 Å². The Kier molecular flexibility index (Phi) is 5.49. The van der Waals surface area contributed by atoms with Gasteiger partial charge in [-0.2, -0.15) is 0 Å². The van der Waals surface area contributed by atoms with E-state index in [0.29, 0.717) is 0 Å². The Balaban J connectivity index is 1.62. The van der Waals surface area contributed by atoms with Crippen molar-refractivity contribution in [3.8, 4) is 0 Å². The molecule has 3 aromatic carbocycles. The van der Waals surface area contributed by atoms with Gasteiger partial charge < -0.3 is 20.0 Å². The molecule has 3 aromatic rings. The minimum absolute atomic E-state index is 0.0718. The molecule has 1 amide bonds. The predicted molar refractivity (Wildman–Crippen MR) is 96.2 cm³/mol. The van der Waals surface area contributed by atoms with E-state index in [4.69, 9.17) is 4.74 Å². The highest BCUT2D eigenvalue weighted by molar-refractivity contribution is 5.83. The first-order valence-electron chi connectivity index (χ1n) is 8.27. The number of carbonyl (C=O) groups is 2. The molecule has 0 spiro atoms. The van der Waals surface area contributed by atoms with Gasteiger partial charge in [0.2, 0.25) is 0 Å². The van der Waals surface area contributed by atoms with Crippen LogP contribution in [-0.4, -0.2) is 18.1 Å². The Hall–Kier alpha value is -3.34. The quantitative estimate of drug-likeness (QED) is 0.742. The molecule has 0 radical (unpaired) electrons. The summed E-state index contributed by atoms with van der Waals surface area (Å²) in [5, 5.41) is 15.8. The molecule has 0 aliphatic heterocycles. The molecule has 1 unspecified atom stereocenters. The maximum atomic E-state index is 11.9. The van der Waals surface area contributed by atoms with E-state index in [1.807, 2.05) is 72.8 Å². The molecule has 0 saturated carbocycles. The molecule has 0 bridgehead atoms. The fourth-order valence-electron chi connectivity index (χ4n) is 2.70. The number of alkyl carbamates (subject to hydrolysis) is 1. The van der Waals surface area contributed by atoms with Crippen LogP contribution in [0.15, 0.2) is 72.8 Å². The van der Waals surface area contributed by atoms with Gasteiger partial charge in [0.1, 0.15) is 6.61 Å². The summed E-state index contributed by atoms with van der Waals surface area (Å²) in [7, 11) is 0. The van der Waals surface area contributed by atoms with Crippen molar-refractivity contribution < 1.29 is 19.4 Å². The Morgan fingerprint density at radius 3 is 2.31 bits per heavy atom. The van der Waals surface area contributed by atoms with Crippen LogP contribution in [0.3, 0.4) is 0 Å². The van der Waals surface area contributed by atoms with Crippen molar-refractivity contribution in [2.24, 2.45) is 0 Å². The molecular weight excluding hydrogens is 330 g/mol. The lowest BCUT2D eigenvalue weighted by Gasteiger charge is -2.20. The van der Waals surface area contributed by atoms with Crippen molar-refractivity contribution in [2.75, 3.05) is 0 Å². The molecule has 0 aliphatic rings. The highest BCUT2D eigenvalue weighted by Crippen LogP contribution is 2.16. The third-order valence-electron chi connectivity index (χ3n) is 4.04. The van der Waals surface area contributed by atoms with Crippen molar-refractivity contribution >= 4 is 22.8 Å². The molecule has 26 heavy (non-hydrogen) atoms. The number of fused-ring (bicyclic) bond motifs is 1. The Labute approximate surface area is 151 Å². The van der Waals surface area contributed by atoms with Crippen molar-refractivity contribution in [1.29, 1.82) is 0 Å². The van der Waals surface area contributed by atoms with Gasteiger partial charge in [-0.25, -0.2) is 4.79 Å². The van der Waals surface area contributed by atoms with Crippen LogP contribution in [0.5, 0.6) is 0 Å². The Morgan fingerprint density at radius 2 is 1.58 bits per heavy atom. The van der Waals surface area contributed by atoms with E-state index in [1.54, 1.807) is 0 Å². The van der Waals surface area contributed by atoms with Gasteiger partial charge in [-0.05, 0) is 28.3 Å². The maximum Gasteiger partial charge on any atom is 0.408 e. The van der Waals surface area contributed by atoms with E-state index in [-0.39, 0.29) is 13.0 Å². The van der Waals surface area contributed by atoms with E-state index in [9.17, 15) is 14.7 Å². The number of benzene rings is 3. The Morgan fingerprint density at radius 1 is 0.885 bits per heavy atom. The molecule has 0 aromatic heterocycles. The smallest absolute Gasteiger partial charge is 0.408 e. The fourth-order valence-corrected chi connectivity index (χ4v) is 2.70.